The van der Waals surface area contributed by atoms with Crippen LogP contribution in [-0.4, -0.2) is 41.3 Å². The number of piperazine rings is 1. The molecule has 1 saturated heterocycles. The molecule has 110 valence electrons. The van der Waals surface area contributed by atoms with Crippen LogP contribution in [0.5, 0.6) is 0 Å². The Kier molecular flexibility index (Phi) is 5.26. The van der Waals surface area contributed by atoms with Crippen molar-refractivity contribution in [2.75, 3.05) is 6.54 Å². The van der Waals surface area contributed by atoms with E-state index in [0.29, 0.717) is 25.7 Å². The van der Waals surface area contributed by atoms with Crippen LogP contribution in [0.2, 0.25) is 0 Å². The van der Waals surface area contributed by atoms with E-state index in [-0.39, 0.29) is 11.8 Å². The van der Waals surface area contributed by atoms with E-state index in [0.717, 1.165) is 4.90 Å². The van der Waals surface area contributed by atoms with E-state index >= 15 is 0 Å². The molecule has 1 rings (SSSR count). The summed E-state index contributed by atoms with van der Waals surface area (Å²) in [5, 5.41) is 2.69. The van der Waals surface area contributed by atoms with E-state index in [1.165, 1.54) is 0 Å². The molecule has 2 amide bonds. The van der Waals surface area contributed by atoms with Gasteiger partial charge in [-0.05, 0) is 19.3 Å². The van der Waals surface area contributed by atoms with E-state index in [9.17, 15) is 18.4 Å². The molecular weight excluding hydrogens is 254 g/mol. The fourth-order valence-corrected chi connectivity index (χ4v) is 2.72. The Hall–Kier alpha value is -1.20. The van der Waals surface area contributed by atoms with Gasteiger partial charge in [0.25, 0.3) is 6.43 Å². The molecule has 1 fully saturated rings. The summed E-state index contributed by atoms with van der Waals surface area (Å²) in [7, 11) is 0. The number of rotatable bonds is 6. The average molecular weight is 276 g/mol. The number of nitrogens with zero attached hydrogens (tertiary/aromatic N) is 1. The average Bonchev–Trinajstić information content (AvgIpc) is 2.36. The fourth-order valence-electron chi connectivity index (χ4n) is 2.72. The van der Waals surface area contributed by atoms with Crippen molar-refractivity contribution in [3.63, 3.8) is 0 Å². The van der Waals surface area contributed by atoms with E-state index in [4.69, 9.17) is 0 Å². The smallest absolute Gasteiger partial charge is 0.255 e. The molecule has 6 heteroatoms. The van der Waals surface area contributed by atoms with Crippen LogP contribution in [0.25, 0.3) is 0 Å². The Labute approximate surface area is 112 Å². The Morgan fingerprint density at radius 3 is 2.26 bits per heavy atom. The summed E-state index contributed by atoms with van der Waals surface area (Å²) in [4.78, 5) is 25.7. The van der Waals surface area contributed by atoms with Gasteiger partial charge < -0.3 is 10.2 Å². The molecule has 0 bridgehead atoms. The molecule has 1 heterocycles. The monoisotopic (exact) mass is 276 g/mol. The summed E-state index contributed by atoms with van der Waals surface area (Å²) in [6, 6.07) is -0.664. The van der Waals surface area contributed by atoms with Crippen LogP contribution in [0, 0.1) is 0 Å². The maximum atomic E-state index is 12.7. The van der Waals surface area contributed by atoms with Crippen molar-refractivity contribution in [2.45, 2.75) is 64.5 Å². The van der Waals surface area contributed by atoms with Crippen molar-refractivity contribution in [3.8, 4) is 0 Å². The highest BCUT2D eigenvalue weighted by molar-refractivity contribution is 5.99. The second kappa shape index (κ2) is 6.30. The quantitative estimate of drug-likeness (QED) is 0.806. The molecular formula is C13H22F2N2O2. The van der Waals surface area contributed by atoms with Crippen LogP contribution in [0.3, 0.4) is 0 Å². The van der Waals surface area contributed by atoms with Crippen LogP contribution in [-0.2, 0) is 9.59 Å². The number of alkyl halides is 2. The van der Waals surface area contributed by atoms with Crippen molar-refractivity contribution in [3.05, 3.63) is 0 Å². The van der Waals surface area contributed by atoms with E-state index in [1.807, 2.05) is 6.92 Å². The summed E-state index contributed by atoms with van der Waals surface area (Å²) in [6.07, 6.45) is -0.757. The molecule has 1 aliphatic heterocycles. The molecule has 1 N–H and O–H groups in total. The normalized spacial score (nSPS) is 22.8. The van der Waals surface area contributed by atoms with Crippen molar-refractivity contribution < 1.29 is 18.4 Å². The third-order valence-electron chi connectivity index (χ3n) is 3.88. The molecule has 0 aromatic heterocycles. The Morgan fingerprint density at radius 2 is 1.84 bits per heavy atom. The van der Waals surface area contributed by atoms with E-state index in [2.05, 4.69) is 5.32 Å². The van der Waals surface area contributed by atoms with Gasteiger partial charge in [0.05, 0.1) is 6.54 Å². The van der Waals surface area contributed by atoms with E-state index < -0.39 is 24.6 Å². The number of nitrogens with one attached hydrogen (secondary N) is 1. The van der Waals surface area contributed by atoms with Gasteiger partial charge in [0.1, 0.15) is 11.6 Å². The highest BCUT2D eigenvalue weighted by Crippen LogP contribution is 2.30. The number of carbonyl (C=O) groups excluding carboxylic acids is 2. The topological polar surface area (TPSA) is 49.4 Å². The van der Waals surface area contributed by atoms with Gasteiger partial charge in [-0.1, -0.05) is 27.2 Å². The van der Waals surface area contributed by atoms with Crippen molar-refractivity contribution in [1.29, 1.82) is 0 Å². The molecule has 0 spiro atoms. The lowest BCUT2D eigenvalue weighted by atomic mass is 9.85. The number of hydrogen-bond acceptors (Lipinski definition) is 2. The van der Waals surface area contributed by atoms with Gasteiger partial charge in [-0.3, -0.25) is 9.59 Å². The van der Waals surface area contributed by atoms with E-state index in [1.54, 1.807) is 13.8 Å². The molecule has 0 radical (unpaired) electrons. The van der Waals surface area contributed by atoms with Crippen LogP contribution >= 0.6 is 0 Å². The molecule has 0 aliphatic carbocycles. The van der Waals surface area contributed by atoms with Gasteiger partial charge in [-0.25, -0.2) is 8.78 Å². The zero-order valence-corrected chi connectivity index (χ0v) is 11.7. The Morgan fingerprint density at radius 1 is 1.26 bits per heavy atom. The van der Waals surface area contributed by atoms with Gasteiger partial charge in [-0.2, -0.15) is 0 Å². The first-order valence-corrected chi connectivity index (χ1v) is 6.83. The van der Waals surface area contributed by atoms with Gasteiger partial charge in [0.15, 0.2) is 0 Å². The minimum absolute atomic E-state index is 0.309. The summed E-state index contributed by atoms with van der Waals surface area (Å²) in [5.74, 6) is -0.693. The maximum absolute atomic E-state index is 12.7. The standard InChI is InChI=1S/C13H22F2N2O2/c1-4-7-9-11(18)17(8-10(14)15)13(5-2,6-3)12(19)16-9/h9-10H,4-8H2,1-3H3,(H,16,19). The molecule has 0 aromatic rings. The number of amides is 2. The first-order valence-electron chi connectivity index (χ1n) is 6.83. The first-order chi connectivity index (χ1) is 8.92. The zero-order valence-electron chi connectivity index (χ0n) is 11.7. The molecule has 4 nitrogen and oxygen atoms in total. The van der Waals surface area contributed by atoms with Crippen LogP contribution in [0.4, 0.5) is 8.78 Å². The number of carbonyl (C=O) groups is 2. The summed E-state index contributed by atoms with van der Waals surface area (Å²) in [5.41, 5.74) is -1.13. The van der Waals surface area contributed by atoms with Crippen molar-refractivity contribution in [1.82, 2.24) is 10.2 Å². The second-order valence-electron chi connectivity index (χ2n) is 4.89. The first kappa shape index (κ1) is 15.9. The maximum Gasteiger partial charge on any atom is 0.255 e. The predicted octanol–water partition coefficient (Wildman–Crippen LogP) is 1.94. The third kappa shape index (κ3) is 2.87. The van der Waals surface area contributed by atoms with Gasteiger partial charge in [-0.15, -0.1) is 0 Å². The summed E-state index contributed by atoms with van der Waals surface area (Å²) >= 11 is 0. The van der Waals surface area contributed by atoms with Gasteiger partial charge in [0, 0.05) is 0 Å². The van der Waals surface area contributed by atoms with Crippen molar-refractivity contribution in [2.24, 2.45) is 0 Å². The van der Waals surface area contributed by atoms with Gasteiger partial charge in [0.2, 0.25) is 11.8 Å². The predicted molar refractivity (Wildman–Crippen MR) is 67.9 cm³/mol. The molecule has 1 atom stereocenters. The minimum atomic E-state index is -2.63. The molecule has 1 unspecified atom stereocenters. The SMILES string of the molecule is CCCC1NC(=O)C(CC)(CC)N(CC(F)F)C1=O. The fraction of sp³-hybridized carbons (Fsp3) is 0.846. The zero-order chi connectivity index (χ0) is 14.6. The number of hydrogen-bond donors (Lipinski definition) is 1. The lowest BCUT2D eigenvalue weighted by molar-refractivity contribution is -0.161. The second-order valence-corrected chi connectivity index (χ2v) is 4.89. The third-order valence-corrected chi connectivity index (χ3v) is 3.88. The molecule has 0 saturated carbocycles. The highest BCUT2D eigenvalue weighted by atomic mass is 19.3. The molecule has 19 heavy (non-hydrogen) atoms. The molecule has 1 aliphatic rings. The summed E-state index contributed by atoms with van der Waals surface area (Å²) < 4.78 is 25.4. The Balaban J connectivity index is 3.10. The summed E-state index contributed by atoms with van der Waals surface area (Å²) in [6.45, 7) is 4.70. The van der Waals surface area contributed by atoms with Crippen LogP contribution < -0.4 is 5.32 Å². The Bertz CT molecular complexity index is 344. The number of halogens is 2. The molecule has 0 aromatic carbocycles. The largest absolute Gasteiger partial charge is 0.342 e. The lowest BCUT2D eigenvalue weighted by Crippen LogP contribution is -2.70. The van der Waals surface area contributed by atoms with Crippen molar-refractivity contribution >= 4 is 11.8 Å². The van der Waals surface area contributed by atoms with Gasteiger partial charge >= 0.3 is 0 Å². The minimum Gasteiger partial charge on any atom is -0.342 e. The van der Waals surface area contributed by atoms with Crippen LogP contribution in [0.1, 0.15) is 46.5 Å². The highest BCUT2D eigenvalue weighted by Gasteiger charge is 2.50. The lowest BCUT2D eigenvalue weighted by Gasteiger charge is -2.47. The van der Waals surface area contributed by atoms with Crippen LogP contribution in [0.15, 0.2) is 0 Å².